The van der Waals surface area contributed by atoms with Crippen LogP contribution < -0.4 is 15.8 Å². The lowest BCUT2D eigenvalue weighted by atomic mass is 10.3. The quantitative estimate of drug-likeness (QED) is 0.389. The molecule has 0 spiro atoms. The third kappa shape index (κ3) is 8.74. The lowest BCUT2D eigenvalue weighted by Crippen LogP contribution is -2.28. The highest BCUT2D eigenvalue weighted by atomic mass is 127. The molecule has 1 rings (SSSR count). The summed E-state index contributed by atoms with van der Waals surface area (Å²) >= 11 is 0. The number of hydrogen-bond donors (Lipinski definition) is 2. The summed E-state index contributed by atoms with van der Waals surface area (Å²) in [6, 6.07) is 7.55. The van der Waals surface area contributed by atoms with Gasteiger partial charge in [-0.3, -0.25) is 4.99 Å². The fourth-order valence-corrected chi connectivity index (χ4v) is 1.59. The van der Waals surface area contributed by atoms with Crippen LogP contribution in [0.1, 0.15) is 0 Å². The van der Waals surface area contributed by atoms with Gasteiger partial charge in [-0.25, -0.2) is 0 Å². The van der Waals surface area contributed by atoms with Gasteiger partial charge in [-0.15, -0.1) is 24.0 Å². The van der Waals surface area contributed by atoms with Crippen LogP contribution in [0.4, 0.5) is 5.69 Å². The molecule has 6 nitrogen and oxygen atoms in total. The molecule has 0 heterocycles. The number of benzene rings is 1. The monoisotopic (exact) mass is 408 g/mol. The molecule has 21 heavy (non-hydrogen) atoms. The predicted molar refractivity (Wildman–Crippen MR) is 97.9 cm³/mol. The van der Waals surface area contributed by atoms with E-state index in [9.17, 15) is 0 Å². The molecule has 0 saturated heterocycles. The number of likely N-dealkylation sites (N-methyl/N-ethyl adjacent to an activating group) is 1. The Morgan fingerprint density at radius 2 is 2.10 bits per heavy atom. The summed E-state index contributed by atoms with van der Waals surface area (Å²) in [6.07, 6.45) is 0. The Morgan fingerprint density at radius 1 is 1.33 bits per heavy atom. The maximum atomic E-state index is 5.84. The van der Waals surface area contributed by atoms with Crippen molar-refractivity contribution in [2.75, 3.05) is 52.8 Å². The molecule has 0 atom stereocenters. The number of hydrogen-bond acceptors (Lipinski definition) is 4. The lowest BCUT2D eigenvalue weighted by Gasteiger charge is -2.14. The summed E-state index contributed by atoms with van der Waals surface area (Å²) in [4.78, 5) is 6.43. The van der Waals surface area contributed by atoms with Crippen molar-refractivity contribution in [3.05, 3.63) is 24.3 Å². The van der Waals surface area contributed by atoms with Crippen LogP contribution in [0.2, 0.25) is 0 Å². The molecule has 0 radical (unpaired) electrons. The average molecular weight is 408 g/mol. The van der Waals surface area contributed by atoms with E-state index in [-0.39, 0.29) is 24.0 Å². The molecule has 0 saturated carbocycles. The zero-order valence-corrected chi connectivity index (χ0v) is 15.2. The van der Waals surface area contributed by atoms with Gasteiger partial charge in [-0.05, 0) is 19.2 Å². The highest BCUT2D eigenvalue weighted by Crippen LogP contribution is 2.16. The van der Waals surface area contributed by atoms with Crippen molar-refractivity contribution in [2.45, 2.75) is 0 Å². The van der Waals surface area contributed by atoms with Crippen molar-refractivity contribution in [2.24, 2.45) is 10.7 Å². The van der Waals surface area contributed by atoms with E-state index >= 15 is 0 Å². The van der Waals surface area contributed by atoms with Gasteiger partial charge in [0, 0.05) is 32.0 Å². The van der Waals surface area contributed by atoms with Gasteiger partial charge in [0.05, 0.1) is 20.3 Å². The van der Waals surface area contributed by atoms with E-state index in [2.05, 4.69) is 15.2 Å². The van der Waals surface area contributed by atoms with Crippen molar-refractivity contribution < 1.29 is 9.47 Å². The molecule has 0 aromatic heterocycles. The number of methoxy groups -OCH3 is 2. The molecule has 0 amide bonds. The molecule has 7 heteroatoms. The molecule has 0 bridgehead atoms. The molecule has 1 aromatic rings. The van der Waals surface area contributed by atoms with E-state index in [4.69, 9.17) is 15.2 Å². The second-order valence-corrected chi connectivity index (χ2v) is 4.42. The van der Waals surface area contributed by atoms with Crippen molar-refractivity contribution >= 4 is 35.6 Å². The molecule has 1 aromatic carbocycles. The first kappa shape index (κ1) is 19.9. The summed E-state index contributed by atoms with van der Waals surface area (Å²) in [5, 5.41) is 3.04. The molecule has 0 aliphatic heterocycles. The normalized spacial score (nSPS) is 11.1. The number of nitrogens with two attached hydrogens (primary N) is 1. The van der Waals surface area contributed by atoms with Gasteiger partial charge in [0.1, 0.15) is 5.75 Å². The van der Waals surface area contributed by atoms with E-state index in [1.807, 2.05) is 31.3 Å². The fraction of sp³-hybridized carbons (Fsp3) is 0.500. The maximum Gasteiger partial charge on any atom is 0.193 e. The number of ether oxygens (including phenoxy) is 2. The number of nitrogens with zero attached hydrogens (tertiary/aromatic N) is 2. The highest BCUT2D eigenvalue weighted by Gasteiger charge is 1.99. The average Bonchev–Trinajstić information content (AvgIpc) is 2.45. The van der Waals surface area contributed by atoms with Gasteiger partial charge < -0.3 is 25.4 Å². The van der Waals surface area contributed by atoms with Gasteiger partial charge in [0.15, 0.2) is 5.96 Å². The Hall–Kier alpha value is -1.06. The van der Waals surface area contributed by atoms with Crippen LogP contribution in [0.15, 0.2) is 29.3 Å². The van der Waals surface area contributed by atoms with Crippen LogP contribution >= 0.6 is 24.0 Å². The predicted octanol–water partition coefficient (Wildman–Crippen LogP) is 1.62. The van der Waals surface area contributed by atoms with E-state index in [0.29, 0.717) is 12.5 Å². The molecule has 120 valence electrons. The van der Waals surface area contributed by atoms with Gasteiger partial charge in [0.2, 0.25) is 0 Å². The molecule has 0 fully saturated rings. The van der Waals surface area contributed by atoms with Gasteiger partial charge >= 0.3 is 0 Å². The largest absolute Gasteiger partial charge is 0.497 e. The van der Waals surface area contributed by atoms with Crippen molar-refractivity contribution in [3.63, 3.8) is 0 Å². The van der Waals surface area contributed by atoms with Crippen molar-refractivity contribution in [1.29, 1.82) is 0 Å². The number of guanidine groups is 1. The molecule has 3 N–H and O–H groups in total. The Balaban J connectivity index is 0.00000400. The van der Waals surface area contributed by atoms with Crippen LogP contribution in [0, 0.1) is 0 Å². The Labute approximate surface area is 143 Å². The van der Waals surface area contributed by atoms with Crippen LogP contribution in [0.3, 0.4) is 0 Å². The molecular formula is C14H25IN4O2. The number of anilines is 1. The molecule has 0 aliphatic rings. The summed E-state index contributed by atoms with van der Waals surface area (Å²) < 4.78 is 10.2. The fourth-order valence-electron chi connectivity index (χ4n) is 1.59. The van der Waals surface area contributed by atoms with Crippen LogP contribution in [0.5, 0.6) is 5.75 Å². The molecular weight excluding hydrogens is 383 g/mol. The maximum absolute atomic E-state index is 5.84. The minimum atomic E-state index is 0. The Bertz CT molecular complexity index is 429. The van der Waals surface area contributed by atoms with Crippen LogP contribution in [0.25, 0.3) is 0 Å². The van der Waals surface area contributed by atoms with Crippen molar-refractivity contribution in [3.8, 4) is 5.75 Å². The second-order valence-electron chi connectivity index (χ2n) is 4.42. The lowest BCUT2D eigenvalue weighted by molar-refractivity contribution is 0.163. The zero-order chi connectivity index (χ0) is 14.8. The van der Waals surface area contributed by atoms with Crippen molar-refractivity contribution in [1.82, 2.24) is 4.90 Å². The SMILES string of the molecule is COCCN(C)CCN=C(N)Nc1cccc(OC)c1.I. The summed E-state index contributed by atoms with van der Waals surface area (Å²) in [5.74, 6) is 1.18. The second kappa shape index (κ2) is 11.6. The highest BCUT2D eigenvalue weighted by molar-refractivity contribution is 14.0. The van der Waals surface area contributed by atoms with E-state index in [1.54, 1.807) is 14.2 Å². The van der Waals surface area contributed by atoms with Crippen LogP contribution in [-0.4, -0.2) is 58.4 Å². The summed E-state index contributed by atoms with van der Waals surface area (Å²) in [6.45, 7) is 3.08. The van der Waals surface area contributed by atoms with E-state index in [1.165, 1.54) is 0 Å². The Morgan fingerprint density at radius 3 is 2.76 bits per heavy atom. The van der Waals surface area contributed by atoms with Gasteiger partial charge in [0.25, 0.3) is 0 Å². The number of halogens is 1. The first-order valence-electron chi connectivity index (χ1n) is 6.54. The summed E-state index contributed by atoms with van der Waals surface area (Å²) in [5.41, 5.74) is 6.70. The smallest absolute Gasteiger partial charge is 0.193 e. The summed E-state index contributed by atoms with van der Waals surface area (Å²) in [7, 11) is 5.36. The Kier molecular flexibility index (Phi) is 11.0. The standard InChI is InChI=1S/C14H24N4O2.HI/c1-18(9-10-19-2)8-7-16-14(15)17-12-5-4-6-13(11-12)20-3;/h4-6,11H,7-10H2,1-3H3,(H3,15,16,17);1H. The first-order chi connectivity index (χ1) is 9.65. The van der Waals surface area contributed by atoms with Gasteiger partial charge in [-0.2, -0.15) is 0 Å². The van der Waals surface area contributed by atoms with E-state index in [0.717, 1.165) is 31.1 Å². The van der Waals surface area contributed by atoms with E-state index < -0.39 is 0 Å². The molecule has 0 aliphatic carbocycles. The van der Waals surface area contributed by atoms with Gasteiger partial charge in [-0.1, -0.05) is 6.07 Å². The van der Waals surface area contributed by atoms with Crippen LogP contribution in [-0.2, 0) is 4.74 Å². The minimum Gasteiger partial charge on any atom is -0.497 e. The topological polar surface area (TPSA) is 72.1 Å². The number of aliphatic imine (C=N–C) groups is 1. The first-order valence-corrected chi connectivity index (χ1v) is 6.54. The molecule has 0 unspecified atom stereocenters. The third-order valence-corrected chi connectivity index (χ3v) is 2.78. The third-order valence-electron chi connectivity index (χ3n) is 2.78. The minimum absolute atomic E-state index is 0. The number of rotatable bonds is 8. The zero-order valence-electron chi connectivity index (χ0n) is 12.8. The number of nitrogens with one attached hydrogen (secondary N) is 1.